The number of hydrogen-bond acceptors (Lipinski definition) is 13. The Morgan fingerprint density at radius 1 is 0.590 bits per heavy atom. The number of aliphatic carboxylic acids is 2. The Morgan fingerprint density at radius 3 is 1.64 bits per heavy atom. The molecule has 5 atom stereocenters. The predicted octanol–water partition coefficient (Wildman–Crippen LogP) is -2.77. The maximum atomic E-state index is 13.5. The molecule has 0 aromatic heterocycles. The molecule has 0 aliphatic rings. The van der Waals surface area contributed by atoms with Crippen LogP contribution in [0.25, 0.3) is 0 Å². The fraction of sp³-hybridized carbons (Fsp3) is 0.462. The van der Waals surface area contributed by atoms with Crippen LogP contribution in [0, 0.1) is 0 Å². The number of carbonyl (C=O) groups is 9. The highest BCUT2D eigenvalue weighted by Crippen LogP contribution is 2.12. The van der Waals surface area contributed by atoms with Crippen molar-refractivity contribution in [2.75, 3.05) is 38.2 Å². The lowest BCUT2D eigenvalue weighted by Gasteiger charge is -2.24. The number of thioether (sulfide) groups is 1. The van der Waals surface area contributed by atoms with Gasteiger partial charge in [-0.15, -0.1) is 0 Å². The van der Waals surface area contributed by atoms with Crippen molar-refractivity contribution in [3.05, 3.63) is 65.7 Å². The molecule has 0 bridgehead atoms. The SMILES string of the molecule is CSCC[C@H](NC(=O)CN)C(=O)NCC(=O)N[C@@H](Cc1ccc(O)cc1)C(=O)NCC(=O)N[C@@H](CC(=O)O)C(=O)N[C@@H](Cc1ccccc1)C(=O)N[C@@H](CCCCN)C(=O)O. The summed E-state index contributed by atoms with van der Waals surface area (Å²) >= 11 is 1.43. The molecule has 21 nitrogen and oxygen atoms in total. The summed E-state index contributed by atoms with van der Waals surface area (Å²) in [5.74, 6) is -8.32. The number of rotatable bonds is 28. The standard InChI is InChI=1S/C39H55N9O12S/c1-61-16-14-26(44-31(50)20-41)35(55)42-21-32(51)45-28(18-24-10-12-25(49)13-11-24)36(56)43-22-33(52)46-30(19-34(53)54)38(58)48-29(17-23-7-3-2-4-8-23)37(57)47-27(39(59)60)9-5-6-15-40/h2-4,7-8,10-13,26-30,49H,5-6,9,14-22,40-41H2,1H3,(H,42,55)(H,43,56)(H,44,50)(H,45,51)(H,46,52)(H,47,57)(H,48,58)(H,53,54)(H,59,60)/t26-,27-,28-,29-,30-/m0/s1. The summed E-state index contributed by atoms with van der Waals surface area (Å²) in [7, 11) is 0. The van der Waals surface area contributed by atoms with Gasteiger partial charge in [0.05, 0.1) is 26.1 Å². The summed E-state index contributed by atoms with van der Waals surface area (Å²) in [6.07, 6.45) is 1.79. The number of hydrogen-bond donors (Lipinski definition) is 12. The summed E-state index contributed by atoms with van der Waals surface area (Å²) < 4.78 is 0. The lowest BCUT2D eigenvalue weighted by molar-refractivity contribution is -0.143. The summed E-state index contributed by atoms with van der Waals surface area (Å²) in [6.45, 7) is -1.46. The molecule has 14 N–H and O–H groups in total. The number of benzene rings is 2. The number of aromatic hydroxyl groups is 1. The molecular weight excluding hydrogens is 819 g/mol. The highest BCUT2D eigenvalue weighted by molar-refractivity contribution is 7.98. The molecule has 0 aliphatic heterocycles. The third-order valence-electron chi connectivity index (χ3n) is 8.83. The van der Waals surface area contributed by atoms with E-state index >= 15 is 0 Å². The van der Waals surface area contributed by atoms with Gasteiger partial charge in [0, 0.05) is 12.8 Å². The number of nitrogens with one attached hydrogen (secondary N) is 7. The van der Waals surface area contributed by atoms with Gasteiger partial charge < -0.3 is 64.0 Å². The first-order chi connectivity index (χ1) is 29.1. The van der Waals surface area contributed by atoms with E-state index in [9.17, 15) is 58.5 Å². The van der Waals surface area contributed by atoms with Crippen LogP contribution >= 0.6 is 11.8 Å². The molecule has 0 saturated heterocycles. The molecular formula is C39H55N9O12S. The van der Waals surface area contributed by atoms with Crippen molar-refractivity contribution in [2.24, 2.45) is 11.5 Å². The van der Waals surface area contributed by atoms with Crippen molar-refractivity contribution in [3.8, 4) is 5.75 Å². The van der Waals surface area contributed by atoms with Crippen LogP contribution in [0.3, 0.4) is 0 Å². The van der Waals surface area contributed by atoms with Gasteiger partial charge in [0.25, 0.3) is 0 Å². The molecule has 2 aromatic carbocycles. The second kappa shape index (κ2) is 27.5. The molecule has 0 aliphatic carbocycles. The molecule has 0 spiro atoms. The van der Waals surface area contributed by atoms with Crippen LogP contribution in [0.1, 0.15) is 43.2 Å². The van der Waals surface area contributed by atoms with Gasteiger partial charge in [-0.1, -0.05) is 42.5 Å². The second-order valence-electron chi connectivity index (χ2n) is 13.7. The fourth-order valence-corrected chi connectivity index (χ4v) is 6.12. The van der Waals surface area contributed by atoms with Gasteiger partial charge in [-0.2, -0.15) is 11.8 Å². The van der Waals surface area contributed by atoms with Crippen molar-refractivity contribution in [1.29, 1.82) is 0 Å². The first-order valence-corrected chi connectivity index (χ1v) is 20.7. The molecule has 0 radical (unpaired) electrons. The van der Waals surface area contributed by atoms with Gasteiger partial charge in [0.1, 0.15) is 36.0 Å². The third kappa shape index (κ3) is 20.0. The summed E-state index contributed by atoms with van der Waals surface area (Å²) in [5.41, 5.74) is 11.9. The zero-order chi connectivity index (χ0) is 45.3. The quantitative estimate of drug-likeness (QED) is 0.0385. The van der Waals surface area contributed by atoms with Crippen molar-refractivity contribution in [1.82, 2.24) is 37.2 Å². The Balaban J connectivity index is 2.19. The van der Waals surface area contributed by atoms with Crippen molar-refractivity contribution >= 4 is 65.1 Å². The average molecular weight is 874 g/mol. The van der Waals surface area contributed by atoms with E-state index < -0.39 is 103 Å². The van der Waals surface area contributed by atoms with E-state index in [1.165, 1.54) is 36.0 Å². The Labute approximate surface area is 356 Å². The molecule has 0 unspecified atom stereocenters. The highest BCUT2D eigenvalue weighted by Gasteiger charge is 2.31. The van der Waals surface area contributed by atoms with Crippen LogP contribution in [-0.2, 0) is 56.0 Å². The largest absolute Gasteiger partial charge is 0.508 e. The van der Waals surface area contributed by atoms with Crippen LogP contribution < -0.4 is 48.7 Å². The molecule has 334 valence electrons. The minimum atomic E-state index is -1.77. The summed E-state index contributed by atoms with van der Waals surface area (Å²) in [6, 6.07) is 7.22. The molecule has 2 rings (SSSR count). The Morgan fingerprint density at radius 2 is 1.10 bits per heavy atom. The minimum absolute atomic E-state index is 0.0547. The lowest BCUT2D eigenvalue weighted by Crippen LogP contribution is -2.57. The minimum Gasteiger partial charge on any atom is -0.508 e. The van der Waals surface area contributed by atoms with Crippen molar-refractivity contribution < 1.29 is 58.5 Å². The van der Waals surface area contributed by atoms with E-state index in [1.807, 2.05) is 0 Å². The first-order valence-electron chi connectivity index (χ1n) is 19.3. The molecule has 0 saturated carbocycles. The maximum Gasteiger partial charge on any atom is 0.326 e. The number of carboxylic acid groups (broad SMARTS) is 2. The maximum absolute atomic E-state index is 13.5. The van der Waals surface area contributed by atoms with Crippen molar-refractivity contribution in [3.63, 3.8) is 0 Å². The third-order valence-corrected chi connectivity index (χ3v) is 9.47. The van der Waals surface area contributed by atoms with E-state index in [1.54, 1.807) is 36.6 Å². The lowest BCUT2D eigenvalue weighted by atomic mass is 10.0. The van der Waals surface area contributed by atoms with Gasteiger partial charge in [0.15, 0.2) is 0 Å². The number of nitrogens with two attached hydrogens (primary N) is 2. The highest BCUT2D eigenvalue weighted by atomic mass is 32.2. The van der Waals surface area contributed by atoms with Gasteiger partial charge in [-0.25, -0.2) is 4.79 Å². The molecule has 61 heavy (non-hydrogen) atoms. The van der Waals surface area contributed by atoms with Crippen LogP contribution in [0.2, 0.25) is 0 Å². The first kappa shape index (κ1) is 50.9. The normalized spacial score (nSPS) is 13.2. The van der Waals surface area contributed by atoms with Crippen molar-refractivity contribution in [2.45, 2.75) is 75.2 Å². The zero-order valence-corrected chi connectivity index (χ0v) is 34.5. The van der Waals surface area contributed by atoms with Crippen LogP contribution in [0.5, 0.6) is 5.75 Å². The number of unbranched alkanes of at least 4 members (excludes halogenated alkanes) is 1. The summed E-state index contributed by atoms with van der Waals surface area (Å²) in [4.78, 5) is 115. The topological polar surface area (TPSA) is 351 Å². The number of amides is 7. The summed E-state index contributed by atoms with van der Waals surface area (Å²) in [5, 5.41) is 45.7. The predicted molar refractivity (Wildman–Crippen MR) is 222 cm³/mol. The number of phenols is 1. The number of carbonyl (C=O) groups excluding carboxylic acids is 7. The van der Waals surface area contributed by atoms with Crippen LogP contribution in [0.4, 0.5) is 0 Å². The molecule has 0 heterocycles. The van der Waals surface area contributed by atoms with Gasteiger partial charge in [-0.05, 0) is 67.5 Å². The Bertz CT molecular complexity index is 1800. The molecule has 0 fully saturated rings. The number of phenolic OH excluding ortho intramolecular Hbond substituents is 1. The van der Waals surface area contributed by atoms with E-state index in [4.69, 9.17) is 11.5 Å². The Hall–Kier alpha value is -6.26. The monoisotopic (exact) mass is 873 g/mol. The van der Waals surface area contributed by atoms with Gasteiger partial charge >= 0.3 is 11.9 Å². The van der Waals surface area contributed by atoms with E-state index in [0.29, 0.717) is 36.3 Å². The van der Waals surface area contributed by atoms with E-state index in [2.05, 4.69) is 37.2 Å². The van der Waals surface area contributed by atoms with E-state index in [-0.39, 0.29) is 38.0 Å². The zero-order valence-electron chi connectivity index (χ0n) is 33.6. The number of carboxylic acids is 2. The molecule has 7 amide bonds. The van der Waals surface area contributed by atoms with Crippen LogP contribution in [-0.4, -0.2) is 137 Å². The van der Waals surface area contributed by atoms with Crippen LogP contribution in [0.15, 0.2) is 54.6 Å². The Kier molecular flexibility index (Phi) is 22.9. The second-order valence-corrected chi connectivity index (χ2v) is 14.7. The van der Waals surface area contributed by atoms with E-state index in [0.717, 1.165) is 0 Å². The molecule has 22 heteroatoms. The van der Waals surface area contributed by atoms with Gasteiger partial charge in [-0.3, -0.25) is 38.4 Å². The average Bonchev–Trinajstić information content (AvgIpc) is 3.23. The van der Waals surface area contributed by atoms with Gasteiger partial charge in [0.2, 0.25) is 41.4 Å². The smallest absolute Gasteiger partial charge is 0.326 e. The fourth-order valence-electron chi connectivity index (χ4n) is 5.64. The molecule has 2 aromatic rings.